The molecular weight excluding hydrogens is 391 g/mol. The smallest absolute Gasteiger partial charge is 0.269 e. The van der Waals surface area contributed by atoms with Gasteiger partial charge in [0.25, 0.3) is 17.7 Å². The van der Waals surface area contributed by atoms with Gasteiger partial charge < -0.3 is 10.2 Å². The van der Waals surface area contributed by atoms with Crippen molar-refractivity contribution in [3.8, 4) is 0 Å². The summed E-state index contributed by atoms with van der Waals surface area (Å²) in [6.07, 6.45) is 0. The number of nitrogens with one attached hydrogen (secondary N) is 3. The Labute approximate surface area is 166 Å². The van der Waals surface area contributed by atoms with Crippen LogP contribution in [-0.4, -0.2) is 38.4 Å². The second kappa shape index (κ2) is 9.25. The van der Waals surface area contributed by atoms with Crippen molar-refractivity contribution in [1.29, 1.82) is 0 Å². The minimum Gasteiger partial charge on any atom is -0.378 e. The van der Waals surface area contributed by atoms with Crippen molar-refractivity contribution in [2.45, 2.75) is 0 Å². The molecule has 0 saturated heterocycles. The molecule has 0 aliphatic heterocycles. The van der Waals surface area contributed by atoms with Gasteiger partial charge in [0, 0.05) is 30.9 Å². The molecule has 0 saturated carbocycles. The lowest BCUT2D eigenvalue weighted by atomic mass is 10.2. The van der Waals surface area contributed by atoms with Gasteiger partial charge in [-0.15, -0.1) is 0 Å². The Morgan fingerprint density at radius 2 is 1.59 bits per heavy atom. The fourth-order valence-electron chi connectivity index (χ4n) is 2.07. The van der Waals surface area contributed by atoms with Crippen molar-refractivity contribution in [3.05, 3.63) is 63.6 Å². The summed E-state index contributed by atoms with van der Waals surface area (Å²) in [6.45, 7) is -0.322. The van der Waals surface area contributed by atoms with E-state index in [-0.39, 0.29) is 17.1 Å². The van der Waals surface area contributed by atoms with E-state index < -0.39 is 17.7 Å². The summed E-state index contributed by atoms with van der Waals surface area (Å²) in [7, 11) is 3.71. The number of amides is 3. The number of carbonyl (C=O) groups excluding carboxylic acids is 3. The van der Waals surface area contributed by atoms with E-state index in [1.807, 2.05) is 25.1 Å². The third-order valence-electron chi connectivity index (χ3n) is 3.53. The molecule has 2 rings (SSSR count). The molecule has 0 aromatic heterocycles. The van der Waals surface area contributed by atoms with Crippen LogP contribution in [0, 0.1) is 0 Å². The molecule has 0 fully saturated rings. The van der Waals surface area contributed by atoms with Crippen LogP contribution in [0.5, 0.6) is 0 Å². The number of nitrogens with zero attached hydrogens (tertiary/aromatic N) is 1. The molecule has 27 heavy (non-hydrogen) atoms. The van der Waals surface area contributed by atoms with Crippen molar-refractivity contribution in [1.82, 2.24) is 16.2 Å². The summed E-state index contributed by atoms with van der Waals surface area (Å²) < 4.78 is 0. The molecule has 142 valence electrons. The van der Waals surface area contributed by atoms with Crippen LogP contribution in [0.15, 0.2) is 42.5 Å². The predicted molar refractivity (Wildman–Crippen MR) is 105 cm³/mol. The van der Waals surface area contributed by atoms with Gasteiger partial charge in [-0.25, -0.2) is 0 Å². The van der Waals surface area contributed by atoms with Gasteiger partial charge in [-0.3, -0.25) is 25.2 Å². The molecule has 0 radical (unpaired) electrons. The van der Waals surface area contributed by atoms with Gasteiger partial charge in [-0.2, -0.15) is 0 Å². The highest BCUT2D eigenvalue weighted by molar-refractivity contribution is 6.42. The number of anilines is 1. The van der Waals surface area contributed by atoms with E-state index in [9.17, 15) is 14.4 Å². The molecule has 2 aromatic carbocycles. The molecule has 3 N–H and O–H groups in total. The summed E-state index contributed by atoms with van der Waals surface area (Å²) in [5.74, 6) is -1.54. The molecule has 0 unspecified atom stereocenters. The van der Waals surface area contributed by atoms with Crippen LogP contribution in [0.4, 0.5) is 5.69 Å². The Bertz CT molecular complexity index is 871. The normalized spacial score (nSPS) is 10.1. The zero-order valence-corrected chi connectivity index (χ0v) is 16.2. The average molecular weight is 409 g/mol. The van der Waals surface area contributed by atoms with Gasteiger partial charge in [0.2, 0.25) is 0 Å². The Kier molecular flexibility index (Phi) is 7.04. The summed E-state index contributed by atoms with van der Waals surface area (Å²) in [5.41, 5.74) is 6.05. The van der Waals surface area contributed by atoms with Gasteiger partial charge in [0.05, 0.1) is 16.6 Å². The molecule has 0 aliphatic carbocycles. The number of hydrogen-bond acceptors (Lipinski definition) is 4. The third kappa shape index (κ3) is 5.87. The number of halogens is 2. The molecule has 0 spiro atoms. The average Bonchev–Trinajstić information content (AvgIpc) is 2.66. The molecular formula is C18H18Cl2N4O3. The van der Waals surface area contributed by atoms with Crippen LogP contribution >= 0.6 is 23.2 Å². The van der Waals surface area contributed by atoms with E-state index in [1.54, 1.807) is 18.2 Å². The van der Waals surface area contributed by atoms with Crippen molar-refractivity contribution < 1.29 is 14.4 Å². The first-order valence-corrected chi connectivity index (χ1v) is 8.63. The monoisotopic (exact) mass is 408 g/mol. The second-order valence-electron chi connectivity index (χ2n) is 5.76. The first-order chi connectivity index (χ1) is 12.8. The lowest BCUT2D eigenvalue weighted by Gasteiger charge is -2.13. The quantitative estimate of drug-likeness (QED) is 0.661. The molecule has 3 amide bonds. The summed E-state index contributed by atoms with van der Waals surface area (Å²) in [5, 5.41) is 2.99. The Hall–Kier alpha value is -2.77. The molecule has 7 nitrogen and oxygen atoms in total. The van der Waals surface area contributed by atoms with E-state index in [4.69, 9.17) is 23.2 Å². The fraction of sp³-hybridized carbons (Fsp3) is 0.167. The zero-order valence-electron chi connectivity index (χ0n) is 14.7. The third-order valence-corrected chi connectivity index (χ3v) is 4.27. The summed E-state index contributed by atoms with van der Waals surface area (Å²) >= 11 is 11.6. The predicted octanol–water partition coefficient (Wildman–Crippen LogP) is 2.25. The van der Waals surface area contributed by atoms with Crippen molar-refractivity contribution in [2.75, 3.05) is 25.5 Å². The summed E-state index contributed by atoms with van der Waals surface area (Å²) in [4.78, 5) is 37.8. The highest BCUT2D eigenvalue weighted by atomic mass is 35.5. The highest BCUT2D eigenvalue weighted by Crippen LogP contribution is 2.22. The van der Waals surface area contributed by atoms with Gasteiger partial charge in [0.1, 0.15) is 0 Å². The van der Waals surface area contributed by atoms with E-state index in [0.717, 1.165) is 5.69 Å². The molecule has 0 bridgehead atoms. The number of carbonyl (C=O) groups is 3. The van der Waals surface area contributed by atoms with Gasteiger partial charge >= 0.3 is 0 Å². The van der Waals surface area contributed by atoms with Crippen LogP contribution in [0.1, 0.15) is 20.7 Å². The van der Waals surface area contributed by atoms with E-state index >= 15 is 0 Å². The van der Waals surface area contributed by atoms with Crippen LogP contribution in [0.2, 0.25) is 10.0 Å². The van der Waals surface area contributed by atoms with Gasteiger partial charge in [0.15, 0.2) is 0 Å². The van der Waals surface area contributed by atoms with Crippen molar-refractivity contribution in [3.63, 3.8) is 0 Å². The fourth-order valence-corrected chi connectivity index (χ4v) is 2.37. The van der Waals surface area contributed by atoms with Crippen molar-refractivity contribution >= 4 is 46.6 Å². The van der Waals surface area contributed by atoms with E-state index in [1.165, 1.54) is 18.2 Å². The number of benzene rings is 2. The number of hydrazine groups is 1. The van der Waals surface area contributed by atoms with Crippen LogP contribution in [0.3, 0.4) is 0 Å². The first-order valence-electron chi connectivity index (χ1n) is 7.87. The Morgan fingerprint density at radius 1 is 0.889 bits per heavy atom. The Morgan fingerprint density at radius 3 is 2.26 bits per heavy atom. The van der Waals surface area contributed by atoms with Gasteiger partial charge in [-0.05, 0) is 36.4 Å². The standard InChI is InChI=1S/C18H18Cl2N4O3/c1-24(2)13-5-3-4-11(8-13)18(27)23-22-16(25)10-21-17(26)12-6-7-14(19)15(20)9-12/h3-9H,10H2,1-2H3,(H,21,26)(H,22,25)(H,23,27). The first kappa shape index (κ1) is 20.5. The highest BCUT2D eigenvalue weighted by Gasteiger charge is 2.11. The van der Waals surface area contributed by atoms with Gasteiger partial charge in [-0.1, -0.05) is 29.3 Å². The number of rotatable bonds is 5. The van der Waals surface area contributed by atoms with Crippen LogP contribution < -0.4 is 21.1 Å². The molecule has 0 aliphatic rings. The largest absolute Gasteiger partial charge is 0.378 e. The lowest BCUT2D eigenvalue weighted by Crippen LogP contribution is -2.46. The molecule has 2 aromatic rings. The second-order valence-corrected chi connectivity index (χ2v) is 6.57. The molecule has 0 atom stereocenters. The lowest BCUT2D eigenvalue weighted by molar-refractivity contribution is -0.120. The maximum absolute atomic E-state index is 12.1. The Balaban J connectivity index is 1.83. The minimum atomic E-state index is -0.583. The topological polar surface area (TPSA) is 90.5 Å². The van der Waals surface area contributed by atoms with E-state index in [0.29, 0.717) is 10.6 Å². The van der Waals surface area contributed by atoms with Crippen LogP contribution in [-0.2, 0) is 4.79 Å². The van der Waals surface area contributed by atoms with E-state index in [2.05, 4.69) is 16.2 Å². The van der Waals surface area contributed by atoms with Crippen LogP contribution in [0.25, 0.3) is 0 Å². The molecule has 9 heteroatoms. The SMILES string of the molecule is CN(C)c1cccc(C(=O)NNC(=O)CNC(=O)c2ccc(Cl)c(Cl)c2)c1. The summed E-state index contributed by atoms with van der Waals surface area (Å²) in [6, 6.07) is 11.3. The zero-order chi connectivity index (χ0) is 20.0. The number of hydrogen-bond donors (Lipinski definition) is 3. The maximum Gasteiger partial charge on any atom is 0.269 e. The minimum absolute atomic E-state index is 0.237. The van der Waals surface area contributed by atoms with Crippen molar-refractivity contribution in [2.24, 2.45) is 0 Å². The molecule has 0 heterocycles. The maximum atomic E-state index is 12.1.